The van der Waals surface area contributed by atoms with Gasteiger partial charge in [-0.05, 0) is 12.8 Å². The molecule has 19 heavy (non-hydrogen) atoms. The zero-order valence-electron chi connectivity index (χ0n) is 11.6. The fourth-order valence-corrected chi connectivity index (χ4v) is 2.13. The van der Waals surface area contributed by atoms with E-state index < -0.39 is 12.7 Å². The smallest absolute Gasteiger partial charge is 0.394 e. The quantitative estimate of drug-likeness (QED) is 0.870. The van der Waals surface area contributed by atoms with Crippen LogP contribution in [0.25, 0.3) is 0 Å². The number of halogens is 3. The molecule has 0 aliphatic heterocycles. The van der Waals surface area contributed by atoms with Gasteiger partial charge in [-0.15, -0.1) is 0 Å². The van der Waals surface area contributed by atoms with E-state index in [0.717, 1.165) is 6.42 Å². The minimum absolute atomic E-state index is 0.300. The van der Waals surface area contributed by atoms with Crippen molar-refractivity contribution in [1.29, 1.82) is 0 Å². The second kappa shape index (κ2) is 6.16. The Balaban J connectivity index is 3.08. The molecule has 1 rings (SSSR count). The van der Waals surface area contributed by atoms with Gasteiger partial charge in [-0.3, -0.25) is 4.68 Å². The van der Waals surface area contributed by atoms with E-state index in [2.05, 4.69) is 5.10 Å². The monoisotopic (exact) mass is 278 g/mol. The number of nitrogen functional groups attached to an aromatic ring is 1. The molecule has 2 N–H and O–H groups in total. The van der Waals surface area contributed by atoms with E-state index in [-0.39, 0.29) is 0 Å². The fraction of sp³-hybridized carbons (Fsp3) is 0.750. The van der Waals surface area contributed by atoms with E-state index in [1.54, 1.807) is 7.05 Å². The van der Waals surface area contributed by atoms with Crippen LogP contribution in [0.3, 0.4) is 0 Å². The maximum Gasteiger partial charge on any atom is 0.405 e. The molecule has 110 valence electrons. The molecule has 1 aromatic rings. The number of anilines is 2. The Morgan fingerprint density at radius 3 is 2.37 bits per heavy atom. The van der Waals surface area contributed by atoms with E-state index >= 15 is 0 Å². The van der Waals surface area contributed by atoms with Crippen molar-refractivity contribution in [2.24, 2.45) is 7.05 Å². The Labute approximate surface area is 111 Å². The van der Waals surface area contributed by atoms with E-state index in [9.17, 15) is 13.2 Å². The van der Waals surface area contributed by atoms with Crippen molar-refractivity contribution in [3.05, 3.63) is 5.69 Å². The Morgan fingerprint density at radius 2 is 1.89 bits per heavy atom. The Morgan fingerprint density at radius 1 is 1.26 bits per heavy atom. The lowest BCUT2D eigenvalue weighted by Crippen LogP contribution is -2.36. The molecule has 0 aliphatic carbocycles. The molecular weight excluding hydrogens is 257 g/mol. The lowest BCUT2D eigenvalue weighted by Gasteiger charge is -2.25. The van der Waals surface area contributed by atoms with Gasteiger partial charge < -0.3 is 10.6 Å². The van der Waals surface area contributed by atoms with E-state index in [1.165, 1.54) is 9.58 Å². The molecule has 1 aromatic heterocycles. The third-order valence-electron chi connectivity index (χ3n) is 2.78. The number of nitrogens with zero attached hydrogens (tertiary/aromatic N) is 3. The van der Waals surface area contributed by atoms with Gasteiger partial charge in [0.25, 0.3) is 0 Å². The summed E-state index contributed by atoms with van der Waals surface area (Å²) < 4.78 is 39.3. The van der Waals surface area contributed by atoms with Crippen molar-refractivity contribution in [2.75, 3.05) is 23.7 Å². The molecular formula is C12H21F3N4. The number of aryl methyl sites for hydroxylation is 2. The van der Waals surface area contributed by atoms with E-state index in [0.29, 0.717) is 36.6 Å². The van der Waals surface area contributed by atoms with Gasteiger partial charge in [-0.1, -0.05) is 20.3 Å². The number of rotatable bonds is 6. The second-order valence-electron chi connectivity index (χ2n) is 4.59. The summed E-state index contributed by atoms with van der Waals surface area (Å²) in [7, 11) is 1.63. The van der Waals surface area contributed by atoms with Crippen LogP contribution in [0, 0.1) is 0 Å². The molecule has 0 unspecified atom stereocenters. The standard InChI is InChI=1S/C12H21F3N4/c1-4-6-9-10(16)11(18(3)17-9)19(7-5-2)8-12(13,14)15/h4-8,16H2,1-3H3. The Kier molecular flexibility index (Phi) is 5.08. The summed E-state index contributed by atoms with van der Waals surface area (Å²) in [5, 5.41) is 4.22. The molecule has 0 saturated heterocycles. The molecule has 7 heteroatoms. The zero-order valence-corrected chi connectivity index (χ0v) is 11.6. The normalized spacial score (nSPS) is 11.9. The minimum atomic E-state index is -4.25. The molecule has 0 fully saturated rings. The molecule has 4 nitrogen and oxygen atoms in total. The van der Waals surface area contributed by atoms with E-state index in [1.807, 2.05) is 13.8 Å². The van der Waals surface area contributed by atoms with Crippen LogP contribution in [0.15, 0.2) is 0 Å². The van der Waals surface area contributed by atoms with Gasteiger partial charge in [-0.25, -0.2) is 0 Å². The van der Waals surface area contributed by atoms with Crippen molar-refractivity contribution < 1.29 is 13.2 Å². The Hall–Kier alpha value is -1.40. The number of hydrogen-bond acceptors (Lipinski definition) is 3. The molecule has 0 radical (unpaired) electrons. The molecule has 0 aromatic carbocycles. The zero-order chi connectivity index (χ0) is 14.6. The SMILES string of the molecule is CCCc1nn(C)c(N(CCC)CC(F)(F)F)c1N. The minimum Gasteiger partial charge on any atom is -0.394 e. The third kappa shape index (κ3) is 4.04. The maximum atomic E-state index is 12.6. The number of nitrogens with two attached hydrogens (primary N) is 1. The first kappa shape index (κ1) is 15.7. The second-order valence-corrected chi connectivity index (χ2v) is 4.59. The summed E-state index contributed by atoms with van der Waals surface area (Å²) in [6, 6.07) is 0. The first-order valence-corrected chi connectivity index (χ1v) is 6.43. The average molecular weight is 278 g/mol. The first-order valence-electron chi connectivity index (χ1n) is 6.43. The largest absolute Gasteiger partial charge is 0.405 e. The van der Waals surface area contributed by atoms with Gasteiger partial charge in [0.15, 0.2) is 5.82 Å². The molecule has 0 spiro atoms. The van der Waals surface area contributed by atoms with Crippen LogP contribution >= 0.6 is 0 Å². The van der Waals surface area contributed by atoms with Crippen LogP contribution in [0.4, 0.5) is 24.7 Å². The number of aromatic nitrogens is 2. The highest BCUT2D eigenvalue weighted by Crippen LogP contribution is 2.29. The average Bonchev–Trinajstić information content (AvgIpc) is 2.52. The molecule has 0 atom stereocenters. The lowest BCUT2D eigenvalue weighted by atomic mass is 10.2. The maximum absolute atomic E-state index is 12.6. The van der Waals surface area contributed by atoms with Crippen LogP contribution in [0.1, 0.15) is 32.4 Å². The fourth-order valence-electron chi connectivity index (χ4n) is 2.13. The van der Waals surface area contributed by atoms with Crippen molar-refractivity contribution >= 4 is 11.5 Å². The molecule has 1 heterocycles. The van der Waals surface area contributed by atoms with Gasteiger partial charge in [0.2, 0.25) is 0 Å². The van der Waals surface area contributed by atoms with Crippen LogP contribution in [-0.4, -0.2) is 29.0 Å². The van der Waals surface area contributed by atoms with Gasteiger partial charge in [0.05, 0.1) is 11.4 Å². The summed E-state index contributed by atoms with van der Waals surface area (Å²) in [5.74, 6) is 0.364. The van der Waals surface area contributed by atoms with Crippen LogP contribution in [0.2, 0.25) is 0 Å². The molecule has 0 bridgehead atoms. The van der Waals surface area contributed by atoms with Crippen molar-refractivity contribution in [3.8, 4) is 0 Å². The van der Waals surface area contributed by atoms with E-state index in [4.69, 9.17) is 5.73 Å². The predicted molar refractivity (Wildman–Crippen MR) is 70.2 cm³/mol. The predicted octanol–water partition coefficient (Wildman–Crippen LogP) is 2.73. The summed E-state index contributed by atoms with van der Waals surface area (Å²) in [5.41, 5.74) is 6.98. The van der Waals surface area contributed by atoms with Gasteiger partial charge in [-0.2, -0.15) is 18.3 Å². The summed E-state index contributed by atoms with van der Waals surface area (Å²) in [4.78, 5) is 1.25. The first-order chi connectivity index (χ1) is 8.80. The highest BCUT2D eigenvalue weighted by molar-refractivity contribution is 5.66. The Bertz CT molecular complexity index is 412. The van der Waals surface area contributed by atoms with Crippen LogP contribution in [0.5, 0.6) is 0 Å². The molecule has 0 amide bonds. The van der Waals surface area contributed by atoms with Crippen molar-refractivity contribution in [2.45, 2.75) is 39.3 Å². The number of hydrogen-bond donors (Lipinski definition) is 1. The molecule has 0 aliphatic rings. The van der Waals surface area contributed by atoms with Crippen LogP contribution < -0.4 is 10.6 Å². The highest BCUT2D eigenvalue weighted by Gasteiger charge is 2.32. The summed E-state index contributed by atoms with van der Waals surface area (Å²) in [6.45, 7) is 3.11. The summed E-state index contributed by atoms with van der Waals surface area (Å²) in [6.07, 6.45) is -2.11. The van der Waals surface area contributed by atoms with Crippen molar-refractivity contribution in [3.63, 3.8) is 0 Å². The highest BCUT2D eigenvalue weighted by atomic mass is 19.4. The van der Waals surface area contributed by atoms with Gasteiger partial charge in [0.1, 0.15) is 6.54 Å². The lowest BCUT2D eigenvalue weighted by molar-refractivity contribution is -0.119. The van der Waals surface area contributed by atoms with Crippen molar-refractivity contribution in [1.82, 2.24) is 9.78 Å². The summed E-state index contributed by atoms with van der Waals surface area (Å²) >= 11 is 0. The van der Waals surface area contributed by atoms with Gasteiger partial charge >= 0.3 is 6.18 Å². The third-order valence-corrected chi connectivity index (χ3v) is 2.78. The number of alkyl halides is 3. The molecule has 0 saturated carbocycles. The topological polar surface area (TPSA) is 47.1 Å². The van der Waals surface area contributed by atoms with Crippen LogP contribution in [-0.2, 0) is 13.5 Å². The van der Waals surface area contributed by atoms with Gasteiger partial charge in [0, 0.05) is 13.6 Å².